The number of rotatable bonds is 11. The van der Waals surface area contributed by atoms with Crippen molar-refractivity contribution in [2.24, 2.45) is 29.6 Å². The maximum atomic E-state index is 14.5. The topological polar surface area (TPSA) is 0 Å². The molecule has 3 heteroatoms. The predicted octanol–water partition coefficient (Wildman–Crippen LogP) is 6.78. The molecule has 0 bridgehead atoms. The Morgan fingerprint density at radius 3 is 1.50 bits per heavy atom. The lowest BCUT2D eigenvalue weighted by atomic mass is 9.79. The number of alkyl halides is 3. The fraction of sp³-hybridized carbons (Fsp3) is 1.00. The van der Waals surface area contributed by atoms with Crippen molar-refractivity contribution in [1.82, 2.24) is 0 Å². The SMILES string of the molecule is CC(C)CC(F)C(C)C(C)CC(F)C(C)C(C)CCC(C)F. The molecular formula is C19H37F3. The Balaban J connectivity index is 4.34. The van der Waals surface area contributed by atoms with Crippen LogP contribution >= 0.6 is 0 Å². The van der Waals surface area contributed by atoms with Crippen LogP contribution in [0.2, 0.25) is 0 Å². The average Bonchev–Trinajstić information content (AvgIpc) is 2.41. The largest absolute Gasteiger partial charge is 0.248 e. The number of hydrogen-bond donors (Lipinski definition) is 0. The van der Waals surface area contributed by atoms with Crippen molar-refractivity contribution >= 4 is 0 Å². The number of halogens is 3. The third kappa shape index (κ3) is 8.43. The van der Waals surface area contributed by atoms with Gasteiger partial charge in [-0.05, 0) is 62.2 Å². The summed E-state index contributed by atoms with van der Waals surface area (Å²) in [6, 6.07) is 0. The van der Waals surface area contributed by atoms with Crippen LogP contribution in [0, 0.1) is 29.6 Å². The molecule has 0 aromatic rings. The van der Waals surface area contributed by atoms with Gasteiger partial charge < -0.3 is 0 Å². The van der Waals surface area contributed by atoms with Crippen molar-refractivity contribution in [3.05, 3.63) is 0 Å². The summed E-state index contributed by atoms with van der Waals surface area (Å²) in [6.07, 6.45) is -0.474. The highest BCUT2D eigenvalue weighted by Gasteiger charge is 2.29. The van der Waals surface area contributed by atoms with Crippen LogP contribution in [-0.2, 0) is 0 Å². The van der Waals surface area contributed by atoms with Crippen LogP contribution in [0.25, 0.3) is 0 Å². The van der Waals surface area contributed by atoms with Gasteiger partial charge in [-0.1, -0.05) is 41.5 Å². The molecule has 0 rings (SSSR count). The Labute approximate surface area is 136 Å². The van der Waals surface area contributed by atoms with Crippen LogP contribution in [0.4, 0.5) is 13.2 Å². The van der Waals surface area contributed by atoms with Gasteiger partial charge in [-0.2, -0.15) is 0 Å². The van der Waals surface area contributed by atoms with Crippen LogP contribution in [0.5, 0.6) is 0 Å². The molecule has 0 nitrogen and oxygen atoms in total. The highest BCUT2D eigenvalue weighted by molar-refractivity contribution is 4.78. The van der Waals surface area contributed by atoms with Gasteiger partial charge in [0, 0.05) is 0 Å². The molecular weight excluding hydrogens is 285 g/mol. The van der Waals surface area contributed by atoms with E-state index in [1.54, 1.807) is 6.92 Å². The summed E-state index contributed by atoms with van der Waals surface area (Å²) in [6.45, 7) is 13.3. The summed E-state index contributed by atoms with van der Waals surface area (Å²) in [5.41, 5.74) is 0. The minimum absolute atomic E-state index is 0.0264. The van der Waals surface area contributed by atoms with Gasteiger partial charge in [0.1, 0.15) is 12.3 Å². The molecule has 0 saturated heterocycles. The Kier molecular flexibility index (Phi) is 10.4. The monoisotopic (exact) mass is 322 g/mol. The van der Waals surface area contributed by atoms with Crippen LogP contribution in [0.15, 0.2) is 0 Å². The van der Waals surface area contributed by atoms with Gasteiger partial charge in [-0.3, -0.25) is 0 Å². The highest BCUT2D eigenvalue weighted by atomic mass is 19.1. The molecule has 134 valence electrons. The maximum Gasteiger partial charge on any atom is 0.103 e. The average molecular weight is 322 g/mol. The molecule has 0 spiro atoms. The van der Waals surface area contributed by atoms with Gasteiger partial charge in [0.2, 0.25) is 0 Å². The lowest BCUT2D eigenvalue weighted by molar-refractivity contribution is 0.103. The van der Waals surface area contributed by atoms with Gasteiger partial charge in [0.05, 0.1) is 6.17 Å². The van der Waals surface area contributed by atoms with E-state index in [0.29, 0.717) is 31.6 Å². The van der Waals surface area contributed by atoms with E-state index in [2.05, 4.69) is 0 Å². The van der Waals surface area contributed by atoms with Gasteiger partial charge in [-0.25, -0.2) is 13.2 Å². The zero-order chi connectivity index (χ0) is 17.4. The van der Waals surface area contributed by atoms with E-state index < -0.39 is 18.5 Å². The molecule has 0 N–H and O–H groups in total. The van der Waals surface area contributed by atoms with E-state index in [9.17, 15) is 13.2 Å². The van der Waals surface area contributed by atoms with E-state index in [1.165, 1.54) is 0 Å². The Bertz CT molecular complexity index is 278. The number of hydrogen-bond acceptors (Lipinski definition) is 0. The lowest BCUT2D eigenvalue weighted by Gasteiger charge is -2.29. The second-order valence-corrected chi connectivity index (χ2v) is 7.93. The van der Waals surface area contributed by atoms with E-state index in [0.717, 1.165) is 0 Å². The Hall–Kier alpha value is -0.210. The summed E-state index contributed by atoms with van der Waals surface area (Å²) in [7, 11) is 0. The maximum absolute atomic E-state index is 14.5. The van der Waals surface area contributed by atoms with Gasteiger partial charge in [-0.15, -0.1) is 0 Å². The van der Waals surface area contributed by atoms with Gasteiger partial charge in [0.15, 0.2) is 0 Å². The molecule has 0 radical (unpaired) electrons. The first kappa shape index (κ1) is 21.8. The minimum atomic E-state index is -0.936. The predicted molar refractivity (Wildman–Crippen MR) is 90.3 cm³/mol. The summed E-state index contributed by atoms with van der Waals surface area (Å²) in [4.78, 5) is 0. The van der Waals surface area contributed by atoms with Crippen LogP contribution < -0.4 is 0 Å². The Morgan fingerprint density at radius 2 is 1.05 bits per heavy atom. The van der Waals surface area contributed by atoms with Crippen LogP contribution in [0.1, 0.15) is 74.1 Å². The molecule has 0 heterocycles. The van der Waals surface area contributed by atoms with E-state index in [1.807, 2.05) is 41.5 Å². The van der Waals surface area contributed by atoms with Crippen molar-refractivity contribution in [3.8, 4) is 0 Å². The second-order valence-electron chi connectivity index (χ2n) is 7.93. The van der Waals surface area contributed by atoms with Crippen molar-refractivity contribution in [2.45, 2.75) is 92.7 Å². The standard InChI is InChI=1S/C19H37F3/c1-12(2)10-18(21)17(7)14(4)11-19(22)16(6)13(3)8-9-15(5)20/h12-19H,8-11H2,1-7H3. The Morgan fingerprint density at radius 1 is 0.591 bits per heavy atom. The molecule has 0 aliphatic heterocycles. The quantitative estimate of drug-likeness (QED) is 0.393. The van der Waals surface area contributed by atoms with Gasteiger partial charge >= 0.3 is 0 Å². The fourth-order valence-corrected chi connectivity index (χ4v) is 2.92. The molecule has 7 unspecified atom stereocenters. The molecule has 0 aromatic carbocycles. The minimum Gasteiger partial charge on any atom is -0.248 e. The van der Waals surface area contributed by atoms with E-state index in [-0.39, 0.29) is 23.7 Å². The fourth-order valence-electron chi connectivity index (χ4n) is 2.92. The van der Waals surface area contributed by atoms with E-state index >= 15 is 0 Å². The summed E-state index contributed by atoms with van der Waals surface area (Å²) in [5, 5.41) is 0. The molecule has 0 saturated carbocycles. The second kappa shape index (κ2) is 10.5. The molecule has 7 atom stereocenters. The first-order valence-electron chi connectivity index (χ1n) is 8.98. The van der Waals surface area contributed by atoms with Crippen molar-refractivity contribution in [2.75, 3.05) is 0 Å². The third-order valence-electron chi connectivity index (χ3n) is 5.25. The van der Waals surface area contributed by atoms with Crippen LogP contribution in [0.3, 0.4) is 0 Å². The van der Waals surface area contributed by atoms with Gasteiger partial charge in [0.25, 0.3) is 0 Å². The zero-order valence-corrected chi connectivity index (χ0v) is 15.6. The third-order valence-corrected chi connectivity index (χ3v) is 5.25. The summed E-state index contributed by atoms with van der Waals surface area (Å²) < 4.78 is 41.5. The first-order valence-corrected chi connectivity index (χ1v) is 8.98. The summed E-state index contributed by atoms with van der Waals surface area (Å²) in [5.74, 6) is 0.295. The normalized spacial score (nSPS) is 22.0. The van der Waals surface area contributed by atoms with Crippen molar-refractivity contribution < 1.29 is 13.2 Å². The lowest BCUT2D eigenvalue weighted by Crippen LogP contribution is -2.28. The molecule has 22 heavy (non-hydrogen) atoms. The van der Waals surface area contributed by atoms with Crippen molar-refractivity contribution in [1.29, 1.82) is 0 Å². The van der Waals surface area contributed by atoms with E-state index in [4.69, 9.17) is 0 Å². The molecule has 0 aliphatic rings. The summed E-state index contributed by atoms with van der Waals surface area (Å²) >= 11 is 0. The molecule has 0 aromatic heterocycles. The van der Waals surface area contributed by atoms with Crippen LogP contribution in [-0.4, -0.2) is 18.5 Å². The molecule has 0 amide bonds. The smallest absolute Gasteiger partial charge is 0.103 e. The first-order chi connectivity index (χ1) is 10.1. The highest BCUT2D eigenvalue weighted by Crippen LogP contribution is 2.32. The molecule has 0 fully saturated rings. The zero-order valence-electron chi connectivity index (χ0n) is 15.6. The molecule has 0 aliphatic carbocycles. The van der Waals surface area contributed by atoms with Crippen molar-refractivity contribution in [3.63, 3.8) is 0 Å².